The highest BCUT2D eigenvalue weighted by Gasteiger charge is 2.22. The van der Waals surface area contributed by atoms with Crippen molar-refractivity contribution < 1.29 is 4.79 Å². The smallest absolute Gasteiger partial charge is 0.323 e. The van der Waals surface area contributed by atoms with Crippen LogP contribution in [-0.4, -0.2) is 6.03 Å². The lowest BCUT2D eigenvalue weighted by Gasteiger charge is -2.23. The summed E-state index contributed by atoms with van der Waals surface area (Å²) in [4.78, 5) is 13.3. The van der Waals surface area contributed by atoms with Gasteiger partial charge in [0, 0.05) is 10.0 Å². The average molecular weight is 305 g/mol. The van der Waals surface area contributed by atoms with Gasteiger partial charge in [0.05, 0.1) is 11.4 Å². The van der Waals surface area contributed by atoms with Crippen LogP contribution in [0.1, 0.15) is 11.1 Å². The second-order valence-electron chi connectivity index (χ2n) is 4.41. The number of urea groups is 1. The Hall–Kier alpha value is -1.97. The highest BCUT2D eigenvalue weighted by Crippen LogP contribution is 2.38. The Kier molecular flexibility index (Phi) is 3.16. The summed E-state index contributed by atoms with van der Waals surface area (Å²) in [6.45, 7) is 0. The number of amides is 2. The Balaban J connectivity index is 2.32. The van der Waals surface area contributed by atoms with Gasteiger partial charge in [-0.3, -0.25) is 4.90 Å². The van der Waals surface area contributed by atoms with E-state index in [1.807, 2.05) is 24.3 Å². The van der Waals surface area contributed by atoms with Gasteiger partial charge in [0.15, 0.2) is 0 Å². The molecule has 0 aliphatic carbocycles. The van der Waals surface area contributed by atoms with Crippen LogP contribution >= 0.6 is 23.2 Å². The van der Waals surface area contributed by atoms with Gasteiger partial charge in [0.2, 0.25) is 0 Å². The van der Waals surface area contributed by atoms with Crippen molar-refractivity contribution in [3.8, 4) is 0 Å². The first-order chi connectivity index (χ1) is 9.56. The summed E-state index contributed by atoms with van der Waals surface area (Å²) in [6.07, 6.45) is 3.84. The SMILES string of the molecule is NC(=O)N1c2cc(Cl)ccc2C=Cc2ccc(Cl)cc21. The number of anilines is 2. The molecule has 5 heteroatoms. The number of halogens is 2. The molecule has 2 N–H and O–H groups in total. The molecule has 0 radical (unpaired) electrons. The molecule has 3 rings (SSSR count). The Labute approximate surface area is 126 Å². The zero-order chi connectivity index (χ0) is 14.3. The van der Waals surface area contributed by atoms with E-state index in [2.05, 4.69) is 0 Å². The maximum absolute atomic E-state index is 11.9. The topological polar surface area (TPSA) is 46.3 Å². The van der Waals surface area contributed by atoms with Gasteiger partial charge in [-0.2, -0.15) is 0 Å². The third kappa shape index (κ3) is 2.15. The van der Waals surface area contributed by atoms with E-state index in [9.17, 15) is 4.79 Å². The van der Waals surface area contributed by atoms with Crippen molar-refractivity contribution in [2.75, 3.05) is 4.90 Å². The molecule has 20 heavy (non-hydrogen) atoms. The third-order valence-corrected chi connectivity index (χ3v) is 3.60. The van der Waals surface area contributed by atoms with Gasteiger partial charge in [0.1, 0.15) is 0 Å². The van der Waals surface area contributed by atoms with Crippen LogP contribution in [0.15, 0.2) is 36.4 Å². The van der Waals surface area contributed by atoms with E-state index in [4.69, 9.17) is 28.9 Å². The van der Waals surface area contributed by atoms with E-state index in [-0.39, 0.29) is 0 Å². The lowest BCUT2D eigenvalue weighted by Crippen LogP contribution is -2.32. The van der Waals surface area contributed by atoms with Crippen molar-refractivity contribution in [3.05, 3.63) is 57.6 Å². The van der Waals surface area contributed by atoms with Crippen LogP contribution < -0.4 is 10.6 Å². The van der Waals surface area contributed by atoms with Gasteiger partial charge in [0.25, 0.3) is 0 Å². The monoisotopic (exact) mass is 304 g/mol. The van der Waals surface area contributed by atoms with Crippen LogP contribution in [0.5, 0.6) is 0 Å². The molecule has 3 nitrogen and oxygen atoms in total. The number of hydrogen-bond donors (Lipinski definition) is 1. The summed E-state index contributed by atoms with van der Waals surface area (Å²) in [6, 6.07) is 10.1. The molecule has 1 heterocycles. The van der Waals surface area contributed by atoms with E-state index in [1.54, 1.807) is 24.3 Å². The summed E-state index contributed by atoms with van der Waals surface area (Å²) in [5.41, 5.74) is 8.54. The molecule has 100 valence electrons. The number of nitrogens with zero attached hydrogens (tertiary/aromatic N) is 1. The molecule has 0 spiro atoms. The number of primary amides is 1. The largest absolute Gasteiger partial charge is 0.351 e. The number of carbonyl (C=O) groups excluding carboxylic acids is 1. The lowest BCUT2D eigenvalue weighted by atomic mass is 10.1. The van der Waals surface area contributed by atoms with E-state index in [0.717, 1.165) is 11.1 Å². The van der Waals surface area contributed by atoms with Gasteiger partial charge in [-0.05, 0) is 35.4 Å². The first kappa shape index (κ1) is 13.0. The Morgan fingerprint density at radius 2 is 1.35 bits per heavy atom. The lowest BCUT2D eigenvalue weighted by molar-refractivity contribution is 0.256. The maximum Gasteiger partial charge on any atom is 0.323 e. The quantitative estimate of drug-likeness (QED) is 0.753. The minimum atomic E-state index is -0.583. The fraction of sp³-hybridized carbons (Fsp3) is 0. The van der Waals surface area contributed by atoms with Crippen LogP contribution in [0.25, 0.3) is 12.2 Å². The van der Waals surface area contributed by atoms with Gasteiger partial charge < -0.3 is 5.73 Å². The normalized spacial score (nSPS) is 12.6. The number of nitrogens with two attached hydrogens (primary N) is 1. The predicted octanol–water partition coefficient (Wildman–Crippen LogP) is 4.69. The summed E-state index contributed by atoms with van der Waals surface area (Å²) < 4.78 is 0. The maximum atomic E-state index is 11.9. The van der Waals surface area contributed by atoms with Crippen molar-refractivity contribution in [1.29, 1.82) is 0 Å². The minimum absolute atomic E-state index is 0.536. The molecule has 0 unspecified atom stereocenters. The van der Waals surface area contributed by atoms with Gasteiger partial charge in [-0.1, -0.05) is 47.5 Å². The van der Waals surface area contributed by atoms with E-state index in [0.29, 0.717) is 21.4 Å². The van der Waals surface area contributed by atoms with Gasteiger partial charge >= 0.3 is 6.03 Å². The predicted molar refractivity (Wildman–Crippen MR) is 83.6 cm³/mol. The molecule has 0 saturated carbocycles. The fourth-order valence-corrected chi connectivity index (χ4v) is 2.58. The summed E-state index contributed by atoms with van der Waals surface area (Å²) in [5, 5.41) is 1.07. The Bertz CT molecular complexity index is 685. The zero-order valence-electron chi connectivity index (χ0n) is 10.3. The van der Waals surface area contributed by atoms with Crippen LogP contribution in [0.4, 0.5) is 16.2 Å². The molecule has 1 aliphatic rings. The number of hydrogen-bond acceptors (Lipinski definition) is 1. The van der Waals surface area contributed by atoms with Crippen molar-refractivity contribution in [2.45, 2.75) is 0 Å². The van der Waals surface area contributed by atoms with Gasteiger partial charge in [-0.25, -0.2) is 4.79 Å². The molecule has 0 aromatic heterocycles. The fourth-order valence-electron chi connectivity index (χ4n) is 2.25. The summed E-state index contributed by atoms with van der Waals surface area (Å²) in [5.74, 6) is 0. The van der Waals surface area contributed by atoms with Gasteiger partial charge in [-0.15, -0.1) is 0 Å². The van der Waals surface area contributed by atoms with E-state index in [1.165, 1.54) is 4.90 Å². The molecule has 2 amide bonds. The molecule has 1 aliphatic heterocycles. The summed E-state index contributed by atoms with van der Waals surface area (Å²) >= 11 is 12.1. The first-order valence-corrected chi connectivity index (χ1v) is 6.68. The highest BCUT2D eigenvalue weighted by molar-refractivity contribution is 6.31. The second-order valence-corrected chi connectivity index (χ2v) is 5.29. The standard InChI is InChI=1S/C15H10Cl2N2O/c16-11-5-3-9-1-2-10-4-6-12(17)8-14(10)19(15(18)20)13(9)7-11/h1-8H,(H2,18,20). The molecule has 0 atom stereocenters. The first-order valence-electron chi connectivity index (χ1n) is 5.93. The Morgan fingerprint density at radius 3 is 1.75 bits per heavy atom. The highest BCUT2D eigenvalue weighted by atomic mass is 35.5. The molecule has 2 aromatic rings. The molecular formula is C15H10Cl2N2O. The molecule has 2 aromatic carbocycles. The average Bonchev–Trinajstić information content (AvgIpc) is 2.54. The van der Waals surface area contributed by atoms with Crippen molar-refractivity contribution in [3.63, 3.8) is 0 Å². The molecule has 0 saturated heterocycles. The second kappa shape index (κ2) is 4.85. The minimum Gasteiger partial charge on any atom is -0.351 e. The van der Waals surface area contributed by atoms with Crippen LogP contribution in [-0.2, 0) is 0 Å². The molecule has 0 bridgehead atoms. The van der Waals surface area contributed by atoms with Crippen molar-refractivity contribution >= 4 is 52.8 Å². The van der Waals surface area contributed by atoms with Crippen molar-refractivity contribution in [1.82, 2.24) is 0 Å². The third-order valence-electron chi connectivity index (χ3n) is 3.13. The van der Waals surface area contributed by atoms with Crippen molar-refractivity contribution in [2.24, 2.45) is 5.73 Å². The van der Waals surface area contributed by atoms with Crippen LogP contribution in [0, 0.1) is 0 Å². The molecule has 0 fully saturated rings. The number of carbonyl (C=O) groups is 1. The Morgan fingerprint density at radius 1 is 0.900 bits per heavy atom. The zero-order valence-corrected chi connectivity index (χ0v) is 11.8. The van der Waals surface area contributed by atoms with E-state index >= 15 is 0 Å². The van der Waals surface area contributed by atoms with E-state index < -0.39 is 6.03 Å². The molecular weight excluding hydrogens is 295 g/mol. The number of benzene rings is 2. The summed E-state index contributed by atoms with van der Waals surface area (Å²) in [7, 11) is 0. The number of fused-ring (bicyclic) bond motifs is 2. The number of rotatable bonds is 0. The van der Waals surface area contributed by atoms with Crippen LogP contribution in [0.3, 0.4) is 0 Å². The van der Waals surface area contributed by atoms with Crippen LogP contribution in [0.2, 0.25) is 10.0 Å².